The van der Waals surface area contributed by atoms with Crippen molar-refractivity contribution in [2.45, 2.75) is 6.18 Å². The van der Waals surface area contributed by atoms with Crippen LogP contribution in [-0.4, -0.2) is 20.9 Å². The smallest absolute Gasteiger partial charge is 0.416 e. The lowest BCUT2D eigenvalue weighted by Gasteiger charge is -2.10. The molecular formula is C11H7BrF3N3O2. The molecule has 0 atom stereocenters. The van der Waals surface area contributed by atoms with E-state index in [2.05, 4.69) is 21.0 Å². The topological polar surface area (TPSA) is 81.1 Å². The van der Waals surface area contributed by atoms with Crippen LogP contribution in [0.15, 0.2) is 28.9 Å². The quantitative estimate of drug-likeness (QED) is 0.873. The molecule has 5 nitrogen and oxygen atoms in total. The van der Waals surface area contributed by atoms with Gasteiger partial charge in [-0.1, -0.05) is 0 Å². The molecule has 106 valence electrons. The fourth-order valence-electron chi connectivity index (χ4n) is 1.55. The van der Waals surface area contributed by atoms with Crippen molar-refractivity contribution in [3.8, 4) is 5.69 Å². The maximum atomic E-state index is 12.5. The Balaban J connectivity index is 2.49. The molecule has 2 rings (SSSR count). The largest absolute Gasteiger partial charge is 0.476 e. The van der Waals surface area contributed by atoms with Crippen LogP contribution in [-0.2, 0) is 6.18 Å². The number of nitrogens with two attached hydrogens (primary N) is 1. The minimum Gasteiger partial charge on any atom is -0.476 e. The Morgan fingerprint density at radius 1 is 1.40 bits per heavy atom. The monoisotopic (exact) mass is 349 g/mol. The molecule has 9 heteroatoms. The van der Waals surface area contributed by atoms with Crippen molar-refractivity contribution in [1.82, 2.24) is 9.78 Å². The van der Waals surface area contributed by atoms with E-state index in [9.17, 15) is 18.0 Å². The van der Waals surface area contributed by atoms with Gasteiger partial charge in [-0.2, -0.15) is 18.3 Å². The van der Waals surface area contributed by atoms with Crippen LogP contribution in [0.4, 0.5) is 18.9 Å². The summed E-state index contributed by atoms with van der Waals surface area (Å²) >= 11 is 3.00. The van der Waals surface area contributed by atoms with Crippen LogP contribution >= 0.6 is 15.9 Å². The van der Waals surface area contributed by atoms with Crippen molar-refractivity contribution in [1.29, 1.82) is 0 Å². The highest BCUT2D eigenvalue weighted by molar-refractivity contribution is 9.10. The lowest BCUT2D eigenvalue weighted by molar-refractivity contribution is -0.137. The molecule has 0 radical (unpaired) electrons. The van der Waals surface area contributed by atoms with Gasteiger partial charge in [0, 0.05) is 4.47 Å². The molecular weight excluding hydrogens is 343 g/mol. The third-order valence-corrected chi connectivity index (χ3v) is 3.10. The number of aromatic carboxylic acids is 1. The highest BCUT2D eigenvalue weighted by atomic mass is 79.9. The maximum absolute atomic E-state index is 12.5. The van der Waals surface area contributed by atoms with Gasteiger partial charge in [-0.15, -0.1) is 0 Å². The van der Waals surface area contributed by atoms with Crippen LogP contribution in [0.25, 0.3) is 5.69 Å². The Bertz CT molecular complexity index is 682. The average molecular weight is 350 g/mol. The minimum atomic E-state index is -4.46. The Morgan fingerprint density at radius 3 is 2.50 bits per heavy atom. The fraction of sp³-hybridized carbons (Fsp3) is 0.0909. The van der Waals surface area contributed by atoms with Crippen LogP contribution in [0.2, 0.25) is 0 Å². The number of rotatable bonds is 2. The summed E-state index contributed by atoms with van der Waals surface area (Å²) in [6.45, 7) is 0. The van der Waals surface area contributed by atoms with Crippen LogP contribution < -0.4 is 5.73 Å². The third-order valence-electron chi connectivity index (χ3n) is 2.47. The van der Waals surface area contributed by atoms with Gasteiger partial charge in [-0.05, 0) is 34.1 Å². The molecule has 0 amide bonds. The van der Waals surface area contributed by atoms with E-state index < -0.39 is 17.7 Å². The Hall–Kier alpha value is -2.03. The van der Waals surface area contributed by atoms with E-state index in [1.165, 1.54) is 12.3 Å². The molecule has 0 saturated carbocycles. The standard InChI is InChI=1S/C11H7BrF3N3O2/c12-6-3-5(11(13,14)15)1-2-8(6)18-4-7(16)9(17-18)10(19)20/h1-4H,16H2,(H,19,20). The lowest BCUT2D eigenvalue weighted by Crippen LogP contribution is -2.06. The molecule has 0 saturated heterocycles. The minimum absolute atomic E-state index is 0.0794. The third kappa shape index (κ3) is 2.62. The van der Waals surface area contributed by atoms with E-state index in [-0.39, 0.29) is 21.5 Å². The van der Waals surface area contributed by atoms with E-state index in [0.717, 1.165) is 16.8 Å². The number of halogens is 4. The molecule has 2 aromatic rings. The number of hydrogen-bond donors (Lipinski definition) is 2. The molecule has 0 aliphatic rings. The Kier molecular flexibility index (Phi) is 3.46. The van der Waals surface area contributed by atoms with Crippen molar-refractivity contribution < 1.29 is 23.1 Å². The van der Waals surface area contributed by atoms with E-state index in [4.69, 9.17) is 10.8 Å². The summed E-state index contributed by atoms with van der Waals surface area (Å²) in [5.74, 6) is -1.32. The second kappa shape index (κ2) is 4.82. The number of aromatic nitrogens is 2. The van der Waals surface area contributed by atoms with Crippen molar-refractivity contribution in [3.05, 3.63) is 40.1 Å². The molecule has 0 aliphatic carbocycles. The predicted octanol–water partition coefficient (Wildman–Crippen LogP) is 2.93. The number of nitrogen functional groups attached to an aromatic ring is 1. The predicted molar refractivity (Wildman–Crippen MR) is 67.6 cm³/mol. The van der Waals surface area contributed by atoms with Crippen molar-refractivity contribution in [3.63, 3.8) is 0 Å². The van der Waals surface area contributed by atoms with Gasteiger partial charge in [0.1, 0.15) is 0 Å². The first kappa shape index (κ1) is 14.4. The van der Waals surface area contributed by atoms with E-state index in [0.29, 0.717) is 0 Å². The first-order valence-corrected chi connectivity index (χ1v) is 5.95. The first-order chi connectivity index (χ1) is 9.20. The highest BCUT2D eigenvalue weighted by Gasteiger charge is 2.31. The fourth-order valence-corrected chi connectivity index (χ4v) is 2.11. The molecule has 0 spiro atoms. The van der Waals surface area contributed by atoms with Crippen LogP contribution in [0, 0.1) is 0 Å². The molecule has 3 N–H and O–H groups in total. The normalized spacial score (nSPS) is 11.6. The van der Waals surface area contributed by atoms with Gasteiger partial charge in [-0.25, -0.2) is 9.48 Å². The van der Waals surface area contributed by atoms with E-state index >= 15 is 0 Å². The van der Waals surface area contributed by atoms with Gasteiger partial charge in [0.25, 0.3) is 0 Å². The molecule has 20 heavy (non-hydrogen) atoms. The summed E-state index contributed by atoms with van der Waals surface area (Å²) in [6, 6.07) is 2.93. The van der Waals surface area contributed by atoms with E-state index in [1.807, 2.05) is 0 Å². The number of anilines is 1. The molecule has 0 bridgehead atoms. The molecule has 0 fully saturated rings. The summed E-state index contributed by atoms with van der Waals surface area (Å²) < 4.78 is 38.8. The van der Waals surface area contributed by atoms with Crippen molar-refractivity contribution in [2.75, 3.05) is 5.73 Å². The zero-order valence-electron chi connectivity index (χ0n) is 9.65. The first-order valence-electron chi connectivity index (χ1n) is 5.15. The van der Waals surface area contributed by atoms with E-state index in [1.54, 1.807) is 0 Å². The average Bonchev–Trinajstić information content (AvgIpc) is 2.69. The number of carboxylic acid groups (broad SMARTS) is 1. The summed E-state index contributed by atoms with van der Waals surface area (Å²) in [7, 11) is 0. The Morgan fingerprint density at radius 2 is 2.05 bits per heavy atom. The van der Waals surface area contributed by atoms with Crippen molar-refractivity contribution in [2.24, 2.45) is 0 Å². The van der Waals surface area contributed by atoms with Gasteiger partial charge in [0.05, 0.1) is 23.1 Å². The SMILES string of the molecule is Nc1cn(-c2ccc(C(F)(F)F)cc2Br)nc1C(=O)O. The summed E-state index contributed by atoms with van der Waals surface area (Å²) in [5.41, 5.74) is 4.45. The zero-order valence-corrected chi connectivity index (χ0v) is 11.2. The van der Waals surface area contributed by atoms with Gasteiger partial charge < -0.3 is 10.8 Å². The number of hydrogen-bond acceptors (Lipinski definition) is 3. The summed E-state index contributed by atoms with van der Waals surface area (Å²) in [6.07, 6.45) is -3.24. The zero-order chi connectivity index (χ0) is 15.1. The Labute approximate surface area is 118 Å². The number of carbonyl (C=O) groups is 1. The summed E-state index contributed by atoms with van der Waals surface area (Å²) in [5, 5.41) is 12.5. The maximum Gasteiger partial charge on any atom is 0.416 e. The number of nitrogens with zero attached hydrogens (tertiary/aromatic N) is 2. The molecule has 0 aliphatic heterocycles. The molecule has 1 aromatic carbocycles. The van der Waals surface area contributed by atoms with Gasteiger partial charge >= 0.3 is 12.1 Å². The molecule has 0 unspecified atom stereocenters. The molecule has 1 aromatic heterocycles. The highest BCUT2D eigenvalue weighted by Crippen LogP contribution is 2.33. The second-order valence-corrected chi connectivity index (χ2v) is 4.70. The summed E-state index contributed by atoms with van der Waals surface area (Å²) in [4.78, 5) is 10.8. The van der Waals surface area contributed by atoms with Gasteiger partial charge in [0.2, 0.25) is 0 Å². The lowest BCUT2D eigenvalue weighted by atomic mass is 10.2. The number of benzene rings is 1. The van der Waals surface area contributed by atoms with Crippen LogP contribution in [0.5, 0.6) is 0 Å². The second-order valence-electron chi connectivity index (χ2n) is 3.85. The van der Waals surface area contributed by atoms with Gasteiger partial charge in [-0.3, -0.25) is 0 Å². The number of carboxylic acids is 1. The van der Waals surface area contributed by atoms with Crippen molar-refractivity contribution >= 4 is 27.6 Å². The number of alkyl halides is 3. The molecule has 1 heterocycles. The van der Waals surface area contributed by atoms with Crippen LogP contribution in [0.1, 0.15) is 16.1 Å². The van der Waals surface area contributed by atoms with Gasteiger partial charge in [0.15, 0.2) is 5.69 Å². The van der Waals surface area contributed by atoms with Crippen LogP contribution in [0.3, 0.4) is 0 Å².